The number of para-hydroxylation sites is 1. The Kier molecular flexibility index (Phi) is 6.70. The van der Waals surface area contributed by atoms with Crippen molar-refractivity contribution in [3.8, 4) is 11.5 Å². The van der Waals surface area contributed by atoms with Crippen LogP contribution in [0.25, 0.3) is 5.76 Å². The number of aliphatic hydroxyl groups excluding tert-OH is 1. The lowest BCUT2D eigenvalue weighted by molar-refractivity contribution is -0.140. The first kappa shape index (κ1) is 22.9. The third-order valence-electron chi connectivity index (χ3n) is 5.83. The van der Waals surface area contributed by atoms with E-state index in [2.05, 4.69) is 0 Å². The maximum atomic E-state index is 13.2. The number of likely N-dealkylation sites (tertiary alicyclic amines) is 1. The van der Waals surface area contributed by atoms with Gasteiger partial charge in [-0.05, 0) is 50.1 Å². The van der Waals surface area contributed by atoms with E-state index in [1.807, 2.05) is 44.2 Å². The number of carbonyl (C=O) groups is 2. The molecule has 2 heterocycles. The smallest absolute Gasteiger partial charge is 0.295 e. The standard InChI is InChI=1S/C26H29NO6/c1-16(2)33-21-8-5-4-7-19(21)23-22(25(29)26(30)27(23)12-6-13-31-3)24(28)18-9-10-20-17(15-18)11-14-32-20/h4-5,7-10,15-16,23,28H,6,11-14H2,1-3H3/b24-22+. The Balaban J connectivity index is 1.84. The third-order valence-corrected chi connectivity index (χ3v) is 5.83. The van der Waals surface area contributed by atoms with Crippen LogP contribution in [0, 0.1) is 0 Å². The van der Waals surface area contributed by atoms with Crippen LogP contribution in [-0.2, 0) is 20.7 Å². The minimum atomic E-state index is -0.763. The van der Waals surface area contributed by atoms with Gasteiger partial charge in [0.1, 0.15) is 17.3 Å². The van der Waals surface area contributed by atoms with Crippen LogP contribution in [-0.4, -0.2) is 54.7 Å². The number of nitrogens with zero attached hydrogens (tertiary/aromatic N) is 1. The number of hydrogen-bond acceptors (Lipinski definition) is 6. The average Bonchev–Trinajstić information content (AvgIpc) is 3.36. The van der Waals surface area contributed by atoms with Gasteiger partial charge in [0, 0.05) is 37.8 Å². The van der Waals surface area contributed by atoms with Gasteiger partial charge in [0.05, 0.1) is 24.3 Å². The van der Waals surface area contributed by atoms with Crippen LogP contribution in [0.1, 0.15) is 43.0 Å². The molecule has 0 saturated carbocycles. The maximum Gasteiger partial charge on any atom is 0.295 e. The van der Waals surface area contributed by atoms with Gasteiger partial charge in [0.25, 0.3) is 11.7 Å². The number of amides is 1. The second kappa shape index (κ2) is 9.67. The fourth-order valence-corrected chi connectivity index (χ4v) is 4.37. The maximum absolute atomic E-state index is 13.2. The Hall–Kier alpha value is -3.32. The third kappa shape index (κ3) is 4.46. The quantitative estimate of drug-likeness (QED) is 0.284. The lowest BCUT2D eigenvalue weighted by atomic mass is 9.94. The number of ketones is 1. The van der Waals surface area contributed by atoms with Crippen molar-refractivity contribution in [2.24, 2.45) is 0 Å². The first-order valence-corrected chi connectivity index (χ1v) is 11.2. The van der Waals surface area contributed by atoms with Gasteiger partial charge in [-0.25, -0.2) is 0 Å². The number of ether oxygens (including phenoxy) is 3. The van der Waals surface area contributed by atoms with Crippen molar-refractivity contribution in [1.29, 1.82) is 0 Å². The molecule has 2 aromatic carbocycles. The Morgan fingerprint density at radius 3 is 2.76 bits per heavy atom. The lowest BCUT2D eigenvalue weighted by Gasteiger charge is -2.27. The second-order valence-electron chi connectivity index (χ2n) is 8.46. The molecule has 4 rings (SSSR count). The predicted molar refractivity (Wildman–Crippen MR) is 123 cm³/mol. The molecule has 0 spiro atoms. The molecule has 0 aliphatic carbocycles. The lowest BCUT2D eigenvalue weighted by Crippen LogP contribution is -2.31. The highest BCUT2D eigenvalue weighted by atomic mass is 16.5. The predicted octanol–water partition coefficient (Wildman–Crippen LogP) is 3.87. The van der Waals surface area contributed by atoms with E-state index in [0.717, 1.165) is 17.7 Å². The van der Waals surface area contributed by atoms with Crippen LogP contribution < -0.4 is 9.47 Å². The van der Waals surface area contributed by atoms with E-state index in [1.54, 1.807) is 19.2 Å². The molecule has 174 valence electrons. The number of benzene rings is 2. The molecule has 2 aromatic rings. The van der Waals surface area contributed by atoms with Crippen molar-refractivity contribution in [3.05, 3.63) is 64.7 Å². The monoisotopic (exact) mass is 451 g/mol. The van der Waals surface area contributed by atoms with E-state index >= 15 is 0 Å². The summed E-state index contributed by atoms with van der Waals surface area (Å²) in [5, 5.41) is 11.3. The molecular formula is C26H29NO6. The molecule has 1 fully saturated rings. The largest absolute Gasteiger partial charge is 0.507 e. The Bertz CT molecular complexity index is 1090. The number of methoxy groups -OCH3 is 1. The van der Waals surface area contributed by atoms with Crippen molar-refractivity contribution in [2.75, 3.05) is 26.9 Å². The van der Waals surface area contributed by atoms with Gasteiger partial charge in [-0.1, -0.05) is 18.2 Å². The fourth-order valence-electron chi connectivity index (χ4n) is 4.37. The van der Waals surface area contributed by atoms with Crippen molar-refractivity contribution in [1.82, 2.24) is 4.90 Å². The summed E-state index contributed by atoms with van der Waals surface area (Å²) in [6.45, 7) is 5.18. The van der Waals surface area contributed by atoms with Crippen molar-refractivity contribution < 1.29 is 28.9 Å². The molecule has 7 heteroatoms. The molecule has 2 aliphatic heterocycles. The van der Waals surface area contributed by atoms with Gasteiger partial charge in [-0.3, -0.25) is 9.59 Å². The highest BCUT2D eigenvalue weighted by Crippen LogP contribution is 2.43. The number of carbonyl (C=O) groups excluding carboxylic acids is 2. The Morgan fingerprint density at radius 2 is 2.00 bits per heavy atom. The minimum absolute atomic E-state index is 0.0658. The van der Waals surface area contributed by atoms with Crippen LogP contribution in [0.4, 0.5) is 0 Å². The summed E-state index contributed by atoms with van der Waals surface area (Å²) in [5.74, 6) is -0.183. The van der Waals surface area contributed by atoms with Gasteiger partial charge < -0.3 is 24.2 Å². The second-order valence-corrected chi connectivity index (χ2v) is 8.46. The van der Waals surface area contributed by atoms with Gasteiger partial charge in [0.2, 0.25) is 0 Å². The summed E-state index contributed by atoms with van der Waals surface area (Å²) in [7, 11) is 1.59. The number of hydrogen-bond donors (Lipinski definition) is 1. The van der Waals surface area contributed by atoms with E-state index in [4.69, 9.17) is 14.2 Å². The first-order chi connectivity index (χ1) is 15.9. The molecule has 1 N–H and O–H groups in total. The van der Waals surface area contributed by atoms with Gasteiger partial charge in [0.15, 0.2) is 0 Å². The van der Waals surface area contributed by atoms with E-state index in [9.17, 15) is 14.7 Å². The Labute approximate surface area is 193 Å². The molecule has 7 nitrogen and oxygen atoms in total. The summed E-state index contributed by atoms with van der Waals surface area (Å²) < 4.78 is 16.7. The number of fused-ring (bicyclic) bond motifs is 1. The van der Waals surface area contributed by atoms with Gasteiger partial charge in [-0.2, -0.15) is 0 Å². The van der Waals surface area contributed by atoms with Crippen LogP contribution in [0.2, 0.25) is 0 Å². The van der Waals surface area contributed by atoms with E-state index in [-0.39, 0.29) is 17.4 Å². The summed E-state index contributed by atoms with van der Waals surface area (Å²) in [4.78, 5) is 27.8. The van der Waals surface area contributed by atoms with Gasteiger partial charge in [-0.15, -0.1) is 0 Å². The van der Waals surface area contributed by atoms with Crippen molar-refractivity contribution >= 4 is 17.4 Å². The normalized spacial score (nSPS) is 19.2. The van der Waals surface area contributed by atoms with Crippen molar-refractivity contribution in [2.45, 2.75) is 38.8 Å². The minimum Gasteiger partial charge on any atom is -0.507 e. The average molecular weight is 452 g/mol. The molecule has 1 unspecified atom stereocenters. The molecule has 1 amide bonds. The van der Waals surface area contributed by atoms with Crippen LogP contribution in [0.15, 0.2) is 48.0 Å². The number of aliphatic hydroxyl groups is 1. The zero-order valence-corrected chi connectivity index (χ0v) is 19.2. The molecule has 0 aromatic heterocycles. The summed E-state index contributed by atoms with van der Waals surface area (Å²) in [6.07, 6.45) is 1.19. The zero-order valence-electron chi connectivity index (χ0n) is 19.2. The molecular weight excluding hydrogens is 422 g/mol. The fraction of sp³-hybridized carbons (Fsp3) is 0.385. The molecule has 2 aliphatic rings. The van der Waals surface area contributed by atoms with Crippen LogP contribution >= 0.6 is 0 Å². The summed E-state index contributed by atoms with van der Waals surface area (Å²) in [6, 6.07) is 11.9. The van der Waals surface area contributed by atoms with Crippen LogP contribution in [0.5, 0.6) is 11.5 Å². The SMILES string of the molecule is COCCCN1C(=O)C(=O)/C(=C(/O)c2ccc3c(c2)CCO3)C1c1ccccc1OC(C)C. The van der Waals surface area contributed by atoms with Crippen LogP contribution in [0.3, 0.4) is 0 Å². The topological polar surface area (TPSA) is 85.3 Å². The van der Waals surface area contributed by atoms with E-state index in [0.29, 0.717) is 43.1 Å². The molecule has 1 atom stereocenters. The van der Waals surface area contributed by atoms with E-state index in [1.165, 1.54) is 4.90 Å². The van der Waals surface area contributed by atoms with Crippen molar-refractivity contribution in [3.63, 3.8) is 0 Å². The summed E-state index contributed by atoms with van der Waals surface area (Å²) >= 11 is 0. The highest BCUT2D eigenvalue weighted by molar-refractivity contribution is 6.46. The number of rotatable bonds is 8. The number of Topliss-reactive ketones (excluding diaryl/α,β-unsaturated/α-hetero) is 1. The van der Waals surface area contributed by atoms with E-state index < -0.39 is 17.7 Å². The molecule has 0 radical (unpaired) electrons. The first-order valence-electron chi connectivity index (χ1n) is 11.2. The van der Waals surface area contributed by atoms with Gasteiger partial charge >= 0.3 is 0 Å². The molecule has 33 heavy (non-hydrogen) atoms. The molecule has 0 bridgehead atoms. The molecule has 1 saturated heterocycles. The summed E-state index contributed by atoms with van der Waals surface area (Å²) in [5.41, 5.74) is 2.18. The highest BCUT2D eigenvalue weighted by Gasteiger charge is 2.46. The zero-order chi connectivity index (χ0) is 23.5. The Morgan fingerprint density at radius 1 is 1.21 bits per heavy atom.